The summed E-state index contributed by atoms with van der Waals surface area (Å²) in [6.45, 7) is 0. The van der Waals surface area contributed by atoms with Crippen LogP contribution in [0.5, 0.6) is 0 Å². The topological polar surface area (TPSA) is 9.23 Å². The smallest absolute Gasteiger partial charge is 0.0351 e. The third-order valence-electron chi connectivity index (χ3n) is 0. The minimum atomic E-state index is 0. The van der Waals surface area contributed by atoms with Gasteiger partial charge in [0.15, 0.2) is 0 Å². The summed E-state index contributed by atoms with van der Waals surface area (Å²) in [5, 5.41) is 0. The molecule has 0 rings (SSSR count). The minimum absolute atomic E-state index is 0. The Kier molecular flexibility index (Phi) is 21.1. The minimum Gasteiger partial charge on any atom is -0.388 e. The van der Waals surface area contributed by atoms with Crippen molar-refractivity contribution in [1.82, 2.24) is 0 Å². The van der Waals surface area contributed by atoms with E-state index >= 15 is 0 Å². The molecule has 0 saturated carbocycles. The summed E-state index contributed by atoms with van der Waals surface area (Å²) in [5.74, 6) is 0. The average Bonchev–Trinajstić information content (AvgIpc) is 0.918. The summed E-state index contributed by atoms with van der Waals surface area (Å²) in [4.78, 5) is 0. The fraction of sp³-hybridized carbons (Fsp3) is 1.00. The van der Waals surface area contributed by atoms with Crippen LogP contribution in [0, 0.1) is 0 Å². The molecule has 0 atom stereocenters. The molecule has 1 radical (unpaired) electrons. The van der Waals surface area contributed by atoms with Crippen LogP contribution in [0.4, 0.5) is 0 Å². The van der Waals surface area contributed by atoms with Crippen molar-refractivity contribution in [1.29, 1.82) is 0 Å². The summed E-state index contributed by atoms with van der Waals surface area (Å²) in [6, 6.07) is 0. The molecule has 0 N–H and O–H groups in total. The van der Waals surface area contributed by atoms with Gasteiger partial charge in [-0.25, -0.2) is 0 Å². The van der Waals surface area contributed by atoms with Gasteiger partial charge in [-0.15, -0.1) is 0 Å². The van der Waals surface area contributed by atoms with Gasteiger partial charge in [0.1, 0.15) is 0 Å². The third-order valence-corrected chi connectivity index (χ3v) is 0. The van der Waals surface area contributed by atoms with E-state index in [9.17, 15) is 0 Å². The fourth-order valence-corrected chi connectivity index (χ4v) is 0. The predicted octanol–water partition coefficient (Wildman–Crippen LogP) is -0.118. The first-order chi connectivity index (χ1) is 1.41. The quantitative estimate of drug-likeness (QED) is 0.350. The number of rotatable bonds is 0. The summed E-state index contributed by atoms with van der Waals surface area (Å²) in [7, 11) is 3.25. The Bertz CT molecular complexity index is 6.00. The van der Waals surface area contributed by atoms with Crippen molar-refractivity contribution in [2.24, 2.45) is 0 Å². The molecule has 0 aliphatic heterocycles. The maximum atomic E-state index is 4.25. The normalized spacial score (nSPS) is 4.50. The van der Waals surface area contributed by atoms with Gasteiger partial charge in [0, 0.05) is 33.1 Å². The van der Waals surface area contributed by atoms with Gasteiger partial charge in [-0.3, -0.25) is 0 Å². The molecule has 0 saturated heterocycles. The first-order valence-electron chi connectivity index (χ1n) is 0.816. The summed E-state index contributed by atoms with van der Waals surface area (Å²) in [6.07, 6.45) is 0. The average molecular weight is 53.0 g/mol. The van der Waals surface area contributed by atoms with Crippen molar-refractivity contribution in [3.05, 3.63) is 0 Å². The first kappa shape index (κ1) is 8.82. The molecule has 0 fully saturated rings. The van der Waals surface area contributed by atoms with Crippen molar-refractivity contribution in [3.63, 3.8) is 0 Å². The molecule has 0 aromatic carbocycles. The molecule has 0 aromatic rings. The molecule has 0 amide bonds. The summed E-state index contributed by atoms with van der Waals surface area (Å²) >= 11 is 0. The maximum Gasteiger partial charge on any atom is 0.0351 e. The molecule has 0 aliphatic rings. The standard InChI is InChI=1S/C2H6O.Li/c1-3-2;/h1-2H3;. The molecule has 1 nitrogen and oxygen atoms in total. The zero-order valence-corrected chi connectivity index (χ0v) is 3.41. The SMILES string of the molecule is COC.[Li]. The van der Waals surface area contributed by atoms with Crippen LogP contribution in [0.25, 0.3) is 0 Å². The first-order valence-corrected chi connectivity index (χ1v) is 0.816. The Morgan fingerprint density at radius 2 is 1.25 bits per heavy atom. The molecular weight excluding hydrogens is 47.0 g/mol. The van der Waals surface area contributed by atoms with Gasteiger partial charge in [-0.1, -0.05) is 0 Å². The van der Waals surface area contributed by atoms with Gasteiger partial charge in [-0.05, 0) is 0 Å². The third kappa shape index (κ3) is 20.0. The Morgan fingerprint density at radius 3 is 1.25 bits per heavy atom. The van der Waals surface area contributed by atoms with E-state index in [0.717, 1.165) is 0 Å². The van der Waals surface area contributed by atoms with Crippen molar-refractivity contribution < 1.29 is 4.74 Å². The van der Waals surface area contributed by atoms with E-state index in [1.54, 1.807) is 14.2 Å². The molecule has 0 aromatic heterocycles. The van der Waals surface area contributed by atoms with Crippen LogP contribution in [0.15, 0.2) is 0 Å². The Hall–Kier alpha value is 0.557. The second-order valence-corrected chi connectivity index (χ2v) is 0.408. The number of hydrogen-bond acceptors (Lipinski definition) is 1. The molecule has 0 spiro atoms. The van der Waals surface area contributed by atoms with Crippen LogP contribution in [-0.2, 0) is 4.74 Å². The van der Waals surface area contributed by atoms with E-state index in [1.807, 2.05) is 0 Å². The van der Waals surface area contributed by atoms with Crippen molar-refractivity contribution in [3.8, 4) is 0 Å². The van der Waals surface area contributed by atoms with Crippen molar-refractivity contribution >= 4 is 18.9 Å². The van der Waals surface area contributed by atoms with E-state index in [2.05, 4.69) is 4.74 Å². The van der Waals surface area contributed by atoms with Crippen LogP contribution in [-0.4, -0.2) is 33.1 Å². The van der Waals surface area contributed by atoms with Gasteiger partial charge in [-0.2, -0.15) is 0 Å². The Balaban J connectivity index is 0. The molecule has 0 bridgehead atoms. The number of hydrogen-bond donors (Lipinski definition) is 0. The van der Waals surface area contributed by atoms with Crippen LogP contribution in [0.1, 0.15) is 0 Å². The Labute approximate surface area is 38.5 Å². The van der Waals surface area contributed by atoms with E-state index in [0.29, 0.717) is 0 Å². The van der Waals surface area contributed by atoms with Gasteiger partial charge >= 0.3 is 0 Å². The van der Waals surface area contributed by atoms with Gasteiger partial charge in [0.25, 0.3) is 0 Å². The van der Waals surface area contributed by atoms with Gasteiger partial charge < -0.3 is 4.74 Å². The molecule has 21 valence electrons. The Morgan fingerprint density at radius 1 is 1.25 bits per heavy atom. The van der Waals surface area contributed by atoms with Crippen LogP contribution in [0.2, 0.25) is 0 Å². The second kappa shape index (κ2) is 9.59. The molecule has 0 aliphatic carbocycles. The largest absolute Gasteiger partial charge is 0.388 e. The predicted molar refractivity (Wildman–Crippen MR) is 18.7 cm³/mol. The van der Waals surface area contributed by atoms with Crippen LogP contribution in [0.3, 0.4) is 0 Å². The number of methoxy groups -OCH3 is 1. The molecule has 2 heteroatoms. The number of ether oxygens (including phenoxy) is 1. The maximum absolute atomic E-state index is 4.25. The molecular formula is C2H6LiO. The van der Waals surface area contributed by atoms with E-state index in [-0.39, 0.29) is 18.9 Å². The monoisotopic (exact) mass is 53.1 g/mol. The summed E-state index contributed by atoms with van der Waals surface area (Å²) in [5.41, 5.74) is 0. The zero-order valence-electron chi connectivity index (χ0n) is 3.41. The van der Waals surface area contributed by atoms with Crippen LogP contribution >= 0.6 is 0 Å². The van der Waals surface area contributed by atoms with E-state index in [4.69, 9.17) is 0 Å². The second-order valence-electron chi connectivity index (χ2n) is 0.408. The van der Waals surface area contributed by atoms with Crippen molar-refractivity contribution in [2.45, 2.75) is 0 Å². The molecule has 4 heavy (non-hydrogen) atoms. The van der Waals surface area contributed by atoms with Crippen LogP contribution < -0.4 is 0 Å². The fourth-order valence-electron chi connectivity index (χ4n) is 0. The van der Waals surface area contributed by atoms with Gasteiger partial charge in [0.2, 0.25) is 0 Å². The molecule has 0 heterocycles. The summed E-state index contributed by atoms with van der Waals surface area (Å²) < 4.78 is 4.25. The van der Waals surface area contributed by atoms with Gasteiger partial charge in [0.05, 0.1) is 0 Å². The molecule has 0 unspecified atom stereocenters. The van der Waals surface area contributed by atoms with Crippen molar-refractivity contribution in [2.75, 3.05) is 14.2 Å². The van der Waals surface area contributed by atoms with E-state index in [1.165, 1.54) is 0 Å². The zero-order chi connectivity index (χ0) is 2.71. The van der Waals surface area contributed by atoms with E-state index < -0.39 is 0 Å².